The second kappa shape index (κ2) is 15.1. The van der Waals surface area contributed by atoms with Crippen LogP contribution in [-0.4, -0.2) is 80.0 Å². The zero-order chi connectivity index (χ0) is 30.1. The molecule has 1 unspecified atom stereocenters. The summed E-state index contributed by atoms with van der Waals surface area (Å²) in [6, 6.07) is 11.4. The molecule has 230 valence electrons. The molecule has 0 bridgehead atoms. The molecule has 4 rings (SSSR count). The predicted molar refractivity (Wildman–Crippen MR) is 161 cm³/mol. The van der Waals surface area contributed by atoms with Crippen molar-refractivity contribution in [3.63, 3.8) is 0 Å². The third-order valence-electron chi connectivity index (χ3n) is 8.54. The van der Waals surface area contributed by atoms with E-state index in [4.69, 9.17) is 18.9 Å². The number of fused-ring (bicyclic) bond motifs is 1. The first-order valence-corrected chi connectivity index (χ1v) is 15.3. The second-order valence-electron chi connectivity index (χ2n) is 11.2. The van der Waals surface area contributed by atoms with E-state index < -0.39 is 11.9 Å². The summed E-state index contributed by atoms with van der Waals surface area (Å²) in [7, 11) is 3.23. The van der Waals surface area contributed by atoms with Crippen molar-refractivity contribution in [2.24, 2.45) is 5.92 Å². The van der Waals surface area contributed by atoms with Gasteiger partial charge in [-0.3, -0.25) is 14.5 Å². The Morgan fingerprint density at radius 1 is 1.00 bits per heavy atom. The van der Waals surface area contributed by atoms with E-state index in [2.05, 4.69) is 18.7 Å². The van der Waals surface area contributed by atoms with Crippen molar-refractivity contribution in [1.82, 2.24) is 9.80 Å². The smallest absolute Gasteiger partial charge is 0.308 e. The lowest BCUT2D eigenvalue weighted by atomic mass is 9.83. The van der Waals surface area contributed by atoms with Crippen LogP contribution in [0.25, 0.3) is 0 Å². The van der Waals surface area contributed by atoms with Crippen LogP contribution in [0.3, 0.4) is 0 Å². The van der Waals surface area contributed by atoms with E-state index in [-0.39, 0.29) is 31.2 Å². The van der Waals surface area contributed by atoms with Crippen molar-refractivity contribution in [2.45, 2.75) is 70.8 Å². The third kappa shape index (κ3) is 7.30. The lowest BCUT2D eigenvalue weighted by molar-refractivity contribution is -0.143. The quantitative estimate of drug-likeness (QED) is 0.283. The summed E-state index contributed by atoms with van der Waals surface area (Å²) in [6.07, 6.45) is 6.11. The average molecular weight is 583 g/mol. The highest BCUT2D eigenvalue weighted by Crippen LogP contribution is 2.47. The van der Waals surface area contributed by atoms with E-state index in [1.807, 2.05) is 41.3 Å². The average Bonchev–Trinajstić information content (AvgIpc) is 3.62. The van der Waals surface area contributed by atoms with Crippen LogP contribution in [0.2, 0.25) is 0 Å². The van der Waals surface area contributed by atoms with Gasteiger partial charge in [-0.15, -0.1) is 0 Å². The van der Waals surface area contributed by atoms with Crippen LogP contribution in [0.1, 0.15) is 69.4 Å². The topological polar surface area (TPSA) is 97.8 Å². The first-order valence-electron chi connectivity index (χ1n) is 15.3. The maximum Gasteiger partial charge on any atom is 0.308 e. The van der Waals surface area contributed by atoms with Crippen molar-refractivity contribution in [2.75, 3.05) is 47.2 Å². The number of nitrogens with zero attached hydrogens (tertiary/aromatic N) is 2. The minimum atomic E-state index is -0.859. The van der Waals surface area contributed by atoms with Crippen LogP contribution in [0.4, 0.5) is 0 Å². The molecule has 1 saturated heterocycles. The number of likely N-dealkylation sites (tertiary alicyclic amines) is 1. The Bertz CT molecular complexity index is 1190. The fourth-order valence-electron chi connectivity index (χ4n) is 6.30. The number of amides is 1. The highest BCUT2D eigenvalue weighted by atomic mass is 16.7. The Labute approximate surface area is 249 Å². The molecular formula is C33H46N2O7. The standard InChI is InChI=1S/C33H46N2O7/c1-5-7-16-34(17-8-6-2)30(36)21-35-20-25(24-18-28(40-4)32-29(19-24)41-22-42-32)31(33(37)38)26(35)14-11-13-23-12-9-10-15-27(23)39-3/h9-10,12,15,18-19,25-26,31H,5-8,11,13-14,16-17,20-22H2,1-4H3,(H,37,38)/t25-,26+,31?/m1/s1. The number of carbonyl (C=O) groups excluding carboxylic acids is 1. The molecule has 1 N–H and O–H groups in total. The van der Waals surface area contributed by atoms with Gasteiger partial charge in [-0.2, -0.15) is 0 Å². The van der Waals surface area contributed by atoms with Gasteiger partial charge in [0.05, 0.1) is 26.7 Å². The number of aryl methyl sites for hydroxylation is 1. The van der Waals surface area contributed by atoms with Crippen molar-refractivity contribution in [3.8, 4) is 23.0 Å². The lowest BCUT2D eigenvalue weighted by Crippen LogP contribution is -2.44. The van der Waals surface area contributed by atoms with Gasteiger partial charge in [0, 0.05) is 31.6 Å². The van der Waals surface area contributed by atoms with Gasteiger partial charge >= 0.3 is 5.97 Å². The Balaban J connectivity index is 1.61. The number of aliphatic carboxylic acids is 1. The molecule has 2 heterocycles. The monoisotopic (exact) mass is 582 g/mol. The molecule has 42 heavy (non-hydrogen) atoms. The fraction of sp³-hybridized carbons (Fsp3) is 0.576. The molecule has 2 aliphatic heterocycles. The highest BCUT2D eigenvalue weighted by Gasteiger charge is 2.47. The molecule has 0 spiro atoms. The Morgan fingerprint density at radius 3 is 2.38 bits per heavy atom. The van der Waals surface area contributed by atoms with E-state index in [0.29, 0.717) is 30.2 Å². The Kier molecular flexibility index (Phi) is 11.3. The number of hydrogen-bond donors (Lipinski definition) is 1. The lowest BCUT2D eigenvalue weighted by Gasteiger charge is -2.30. The van der Waals surface area contributed by atoms with E-state index in [0.717, 1.165) is 68.5 Å². The summed E-state index contributed by atoms with van der Waals surface area (Å²) in [4.78, 5) is 30.7. The normalized spacial score (nSPS) is 19.6. The molecular weight excluding hydrogens is 536 g/mol. The molecule has 0 saturated carbocycles. The minimum absolute atomic E-state index is 0.0692. The molecule has 0 radical (unpaired) electrons. The Morgan fingerprint density at radius 2 is 1.71 bits per heavy atom. The number of unbranched alkanes of at least 4 members (excludes halogenated alkanes) is 2. The number of hydrogen-bond acceptors (Lipinski definition) is 7. The van der Waals surface area contributed by atoms with Crippen LogP contribution < -0.4 is 18.9 Å². The van der Waals surface area contributed by atoms with Gasteiger partial charge in [0.25, 0.3) is 0 Å². The molecule has 1 amide bonds. The van der Waals surface area contributed by atoms with Gasteiger partial charge in [-0.1, -0.05) is 44.9 Å². The Hall–Kier alpha value is -3.46. The molecule has 9 nitrogen and oxygen atoms in total. The first-order chi connectivity index (χ1) is 20.4. The van der Waals surface area contributed by atoms with Crippen molar-refractivity contribution in [3.05, 3.63) is 47.5 Å². The minimum Gasteiger partial charge on any atom is -0.496 e. The number of benzene rings is 2. The zero-order valence-electron chi connectivity index (χ0n) is 25.5. The summed E-state index contributed by atoms with van der Waals surface area (Å²) < 4.78 is 22.4. The van der Waals surface area contributed by atoms with E-state index in [1.165, 1.54) is 0 Å². The zero-order valence-corrected chi connectivity index (χ0v) is 25.5. The van der Waals surface area contributed by atoms with Crippen LogP contribution >= 0.6 is 0 Å². The number of carboxylic acids is 1. The molecule has 0 aromatic heterocycles. The third-order valence-corrected chi connectivity index (χ3v) is 8.54. The number of para-hydroxylation sites is 1. The van der Waals surface area contributed by atoms with Gasteiger partial charge < -0.3 is 29.0 Å². The molecule has 2 aromatic carbocycles. The van der Waals surface area contributed by atoms with Crippen LogP contribution in [0.15, 0.2) is 36.4 Å². The van der Waals surface area contributed by atoms with Gasteiger partial charge in [-0.05, 0) is 61.4 Å². The van der Waals surface area contributed by atoms with E-state index >= 15 is 0 Å². The van der Waals surface area contributed by atoms with Crippen LogP contribution in [0.5, 0.6) is 23.0 Å². The van der Waals surface area contributed by atoms with Gasteiger partial charge in [-0.25, -0.2) is 0 Å². The number of methoxy groups -OCH3 is 2. The highest BCUT2D eigenvalue weighted by molar-refractivity contribution is 5.79. The van der Waals surface area contributed by atoms with Crippen LogP contribution in [0, 0.1) is 5.92 Å². The van der Waals surface area contributed by atoms with Crippen molar-refractivity contribution in [1.29, 1.82) is 0 Å². The van der Waals surface area contributed by atoms with Crippen molar-refractivity contribution < 1.29 is 33.6 Å². The van der Waals surface area contributed by atoms with Crippen molar-refractivity contribution >= 4 is 11.9 Å². The SMILES string of the molecule is CCCCN(CCCC)C(=O)CN1C[C@H](c2cc(OC)c3c(c2)OCO3)C(C(=O)O)[C@@H]1CCCc1ccccc1OC. The number of ether oxygens (including phenoxy) is 4. The maximum atomic E-state index is 13.7. The van der Waals surface area contributed by atoms with Crippen LogP contribution in [-0.2, 0) is 16.0 Å². The second-order valence-corrected chi connectivity index (χ2v) is 11.2. The van der Waals surface area contributed by atoms with Gasteiger partial charge in [0.2, 0.25) is 18.4 Å². The van der Waals surface area contributed by atoms with Gasteiger partial charge in [0.1, 0.15) is 5.75 Å². The molecule has 0 aliphatic carbocycles. The van der Waals surface area contributed by atoms with Gasteiger partial charge in [0.15, 0.2) is 11.5 Å². The summed E-state index contributed by atoms with van der Waals surface area (Å²) in [5.74, 6) is 0.627. The van der Waals surface area contributed by atoms with E-state index in [1.54, 1.807) is 14.2 Å². The number of carboxylic acid groups (broad SMARTS) is 1. The van der Waals surface area contributed by atoms with E-state index in [9.17, 15) is 14.7 Å². The number of rotatable bonds is 16. The summed E-state index contributed by atoms with van der Waals surface area (Å²) >= 11 is 0. The first kappa shape index (κ1) is 31.5. The largest absolute Gasteiger partial charge is 0.496 e. The molecule has 3 atom stereocenters. The summed E-state index contributed by atoms with van der Waals surface area (Å²) in [5.41, 5.74) is 1.91. The molecule has 2 aromatic rings. The maximum absolute atomic E-state index is 13.7. The molecule has 2 aliphatic rings. The fourth-order valence-corrected chi connectivity index (χ4v) is 6.30. The molecule has 9 heteroatoms. The number of carbonyl (C=O) groups is 2. The summed E-state index contributed by atoms with van der Waals surface area (Å²) in [5, 5.41) is 10.6. The predicted octanol–water partition coefficient (Wildman–Crippen LogP) is 5.35. The molecule has 1 fully saturated rings. The summed E-state index contributed by atoms with van der Waals surface area (Å²) in [6.45, 7) is 6.47.